The summed E-state index contributed by atoms with van der Waals surface area (Å²) < 4.78 is 0. The Kier molecular flexibility index (Phi) is 6.09. The maximum absolute atomic E-state index is 5.72. The summed E-state index contributed by atoms with van der Waals surface area (Å²) >= 11 is 0. The van der Waals surface area contributed by atoms with E-state index < -0.39 is 0 Å². The summed E-state index contributed by atoms with van der Waals surface area (Å²) in [6.07, 6.45) is 1.15. The van der Waals surface area contributed by atoms with Crippen LogP contribution in [-0.4, -0.2) is 43.6 Å². The summed E-state index contributed by atoms with van der Waals surface area (Å²) in [4.78, 5) is 9.13. The molecule has 0 aromatic carbocycles. The maximum atomic E-state index is 5.72. The molecule has 0 bridgehead atoms. The average molecular weight is 250 g/mol. The minimum atomic E-state index is 0.575. The predicted octanol–water partition coefficient (Wildman–Crippen LogP) is 1.63. The van der Waals surface area contributed by atoms with Crippen molar-refractivity contribution in [2.75, 3.05) is 38.6 Å². The third-order valence-electron chi connectivity index (χ3n) is 2.97. The molecule has 18 heavy (non-hydrogen) atoms. The fraction of sp³-hybridized carbons (Fsp3) is 0.643. The molecule has 0 spiro atoms. The first-order chi connectivity index (χ1) is 8.56. The van der Waals surface area contributed by atoms with Crippen molar-refractivity contribution in [3.05, 3.63) is 23.4 Å². The van der Waals surface area contributed by atoms with Crippen LogP contribution in [0.2, 0.25) is 0 Å². The molecule has 1 aromatic rings. The van der Waals surface area contributed by atoms with E-state index in [0.29, 0.717) is 6.54 Å². The number of aromatic nitrogens is 1. The molecule has 0 atom stereocenters. The number of hydrogen-bond donors (Lipinski definition) is 1. The second-order valence-corrected chi connectivity index (χ2v) is 4.92. The van der Waals surface area contributed by atoms with E-state index in [2.05, 4.69) is 47.9 Å². The highest BCUT2D eigenvalue weighted by Crippen LogP contribution is 2.15. The number of nitrogens with zero attached hydrogens (tertiary/aromatic N) is 3. The normalized spacial score (nSPS) is 11.0. The molecule has 102 valence electrons. The van der Waals surface area contributed by atoms with E-state index >= 15 is 0 Å². The van der Waals surface area contributed by atoms with Gasteiger partial charge in [0.1, 0.15) is 5.82 Å². The molecule has 0 aliphatic heterocycles. The van der Waals surface area contributed by atoms with Crippen LogP contribution in [0, 0.1) is 6.92 Å². The lowest BCUT2D eigenvalue weighted by Gasteiger charge is -2.23. The summed E-state index contributed by atoms with van der Waals surface area (Å²) in [6, 6.07) is 4.16. The average Bonchev–Trinajstić information content (AvgIpc) is 2.33. The van der Waals surface area contributed by atoms with E-state index in [1.54, 1.807) is 0 Å². The third kappa shape index (κ3) is 4.63. The standard InChI is InChI=1S/C14H26N4/c1-5-18(8-6-7-17(3)4)14-10-13(11-15)9-12(2)16-14/h9-10H,5-8,11,15H2,1-4H3. The van der Waals surface area contributed by atoms with Gasteiger partial charge in [-0.05, 0) is 58.6 Å². The largest absolute Gasteiger partial charge is 0.357 e. The van der Waals surface area contributed by atoms with Crippen LogP contribution in [0.4, 0.5) is 5.82 Å². The van der Waals surface area contributed by atoms with Gasteiger partial charge in [0, 0.05) is 25.3 Å². The van der Waals surface area contributed by atoms with Crippen molar-refractivity contribution >= 4 is 5.82 Å². The van der Waals surface area contributed by atoms with Gasteiger partial charge in [0.25, 0.3) is 0 Å². The van der Waals surface area contributed by atoms with Crippen molar-refractivity contribution in [3.8, 4) is 0 Å². The van der Waals surface area contributed by atoms with E-state index in [4.69, 9.17) is 5.73 Å². The molecule has 1 aromatic heterocycles. The first-order valence-electron chi connectivity index (χ1n) is 6.64. The van der Waals surface area contributed by atoms with Gasteiger partial charge in [0.15, 0.2) is 0 Å². The molecular formula is C14H26N4. The smallest absolute Gasteiger partial charge is 0.129 e. The molecule has 0 fully saturated rings. The number of nitrogens with two attached hydrogens (primary N) is 1. The number of pyridine rings is 1. The Morgan fingerprint density at radius 2 is 1.94 bits per heavy atom. The van der Waals surface area contributed by atoms with Crippen molar-refractivity contribution in [1.82, 2.24) is 9.88 Å². The van der Waals surface area contributed by atoms with Gasteiger partial charge in [-0.1, -0.05) is 0 Å². The van der Waals surface area contributed by atoms with E-state index in [9.17, 15) is 0 Å². The lowest BCUT2D eigenvalue weighted by atomic mass is 10.2. The molecule has 4 nitrogen and oxygen atoms in total. The number of anilines is 1. The molecule has 4 heteroatoms. The minimum Gasteiger partial charge on any atom is -0.357 e. The third-order valence-corrected chi connectivity index (χ3v) is 2.97. The zero-order chi connectivity index (χ0) is 13.5. The molecule has 0 saturated carbocycles. The van der Waals surface area contributed by atoms with E-state index in [-0.39, 0.29) is 0 Å². The number of rotatable bonds is 7. The molecule has 0 unspecified atom stereocenters. The Balaban J connectivity index is 2.71. The van der Waals surface area contributed by atoms with Gasteiger partial charge < -0.3 is 15.5 Å². The van der Waals surface area contributed by atoms with Crippen LogP contribution >= 0.6 is 0 Å². The monoisotopic (exact) mass is 250 g/mol. The summed E-state index contributed by atoms with van der Waals surface area (Å²) in [6.45, 7) is 7.89. The number of hydrogen-bond acceptors (Lipinski definition) is 4. The summed E-state index contributed by atoms with van der Waals surface area (Å²) in [5.74, 6) is 1.05. The molecule has 0 saturated heterocycles. The van der Waals surface area contributed by atoms with Crippen molar-refractivity contribution in [2.45, 2.75) is 26.8 Å². The van der Waals surface area contributed by atoms with Gasteiger partial charge in [-0.25, -0.2) is 4.98 Å². The van der Waals surface area contributed by atoms with Gasteiger partial charge in [-0.2, -0.15) is 0 Å². The Morgan fingerprint density at radius 3 is 2.50 bits per heavy atom. The van der Waals surface area contributed by atoms with Crippen LogP contribution in [0.25, 0.3) is 0 Å². The van der Waals surface area contributed by atoms with Crippen molar-refractivity contribution in [3.63, 3.8) is 0 Å². The van der Waals surface area contributed by atoms with Crippen LogP contribution in [0.15, 0.2) is 12.1 Å². The molecule has 2 N–H and O–H groups in total. The van der Waals surface area contributed by atoms with Crippen molar-refractivity contribution in [1.29, 1.82) is 0 Å². The van der Waals surface area contributed by atoms with Crippen LogP contribution in [0.1, 0.15) is 24.6 Å². The quantitative estimate of drug-likeness (QED) is 0.799. The van der Waals surface area contributed by atoms with Gasteiger partial charge in [0.05, 0.1) is 0 Å². The van der Waals surface area contributed by atoms with Crippen LogP contribution in [0.3, 0.4) is 0 Å². The van der Waals surface area contributed by atoms with Gasteiger partial charge in [0.2, 0.25) is 0 Å². The maximum Gasteiger partial charge on any atom is 0.129 e. The van der Waals surface area contributed by atoms with Crippen molar-refractivity contribution < 1.29 is 0 Å². The molecule has 1 heterocycles. The van der Waals surface area contributed by atoms with Gasteiger partial charge in [-0.15, -0.1) is 0 Å². The zero-order valence-corrected chi connectivity index (χ0v) is 12.1. The van der Waals surface area contributed by atoms with E-state index in [0.717, 1.165) is 43.1 Å². The summed E-state index contributed by atoms with van der Waals surface area (Å²) in [7, 11) is 4.21. The minimum absolute atomic E-state index is 0.575. The molecule has 0 radical (unpaired) electrons. The lowest BCUT2D eigenvalue weighted by molar-refractivity contribution is 0.400. The van der Waals surface area contributed by atoms with Crippen LogP contribution < -0.4 is 10.6 Å². The molecule has 0 amide bonds. The Hall–Kier alpha value is -1.13. The molecule has 0 aliphatic carbocycles. The lowest BCUT2D eigenvalue weighted by Crippen LogP contribution is -2.28. The second-order valence-electron chi connectivity index (χ2n) is 4.92. The SMILES string of the molecule is CCN(CCCN(C)C)c1cc(CN)cc(C)n1. The predicted molar refractivity (Wildman–Crippen MR) is 77.9 cm³/mol. The summed E-state index contributed by atoms with van der Waals surface area (Å²) in [5.41, 5.74) is 7.91. The Labute approximate surface area is 111 Å². The Morgan fingerprint density at radius 1 is 1.22 bits per heavy atom. The first-order valence-corrected chi connectivity index (χ1v) is 6.64. The molecule has 0 aliphatic rings. The molecular weight excluding hydrogens is 224 g/mol. The van der Waals surface area contributed by atoms with E-state index in [1.165, 1.54) is 0 Å². The highest BCUT2D eigenvalue weighted by Gasteiger charge is 2.07. The summed E-state index contributed by atoms with van der Waals surface area (Å²) in [5, 5.41) is 0. The van der Waals surface area contributed by atoms with E-state index in [1.807, 2.05) is 6.92 Å². The highest BCUT2D eigenvalue weighted by molar-refractivity contribution is 5.42. The van der Waals surface area contributed by atoms with Gasteiger partial charge in [-0.3, -0.25) is 0 Å². The van der Waals surface area contributed by atoms with Crippen LogP contribution in [-0.2, 0) is 6.54 Å². The fourth-order valence-corrected chi connectivity index (χ4v) is 2.01. The second kappa shape index (κ2) is 7.34. The fourth-order valence-electron chi connectivity index (χ4n) is 2.01. The van der Waals surface area contributed by atoms with Crippen molar-refractivity contribution in [2.24, 2.45) is 5.73 Å². The Bertz CT molecular complexity index is 363. The highest BCUT2D eigenvalue weighted by atomic mass is 15.2. The first kappa shape index (κ1) is 14.9. The topological polar surface area (TPSA) is 45.4 Å². The number of aryl methyl sites for hydroxylation is 1. The molecule has 1 rings (SSSR count). The zero-order valence-electron chi connectivity index (χ0n) is 12.1. The van der Waals surface area contributed by atoms with Crippen LogP contribution in [0.5, 0.6) is 0 Å². The van der Waals surface area contributed by atoms with Gasteiger partial charge >= 0.3 is 0 Å².